The van der Waals surface area contributed by atoms with E-state index in [1.165, 1.54) is 0 Å². The number of rotatable bonds is 2. The van der Waals surface area contributed by atoms with Gasteiger partial charge < -0.3 is 4.90 Å². The molecule has 0 saturated carbocycles. The van der Waals surface area contributed by atoms with Crippen molar-refractivity contribution in [3.63, 3.8) is 0 Å². The zero-order valence-corrected chi connectivity index (χ0v) is 14.0. The zero-order chi connectivity index (χ0) is 17.2. The van der Waals surface area contributed by atoms with Crippen molar-refractivity contribution in [2.45, 2.75) is 6.92 Å². The first kappa shape index (κ1) is 15.2. The van der Waals surface area contributed by atoms with Crippen molar-refractivity contribution in [3.8, 4) is 6.07 Å². The second kappa shape index (κ2) is 6.26. The third kappa shape index (κ3) is 2.58. The molecule has 0 spiro atoms. The smallest absolute Gasteiger partial charge is 0.102 e. The summed E-state index contributed by atoms with van der Waals surface area (Å²) in [5, 5.41) is 10.9. The fraction of sp³-hybridized carbons (Fsp3) is 0.0909. The molecule has 0 bridgehead atoms. The van der Waals surface area contributed by atoms with Gasteiger partial charge in [-0.2, -0.15) is 5.26 Å². The number of aromatic nitrogens is 1. The number of allylic oxidation sites excluding steroid dienone is 3. The van der Waals surface area contributed by atoms with Crippen LogP contribution in [0.3, 0.4) is 0 Å². The van der Waals surface area contributed by atoms with Crippen molar-refractivity contribution < 1.29 is 0 Å². The van der Waals surface area contributed by atoms with Gasteiger partial charge in [0.15, 0.2) is 0 Å². The summed E-state index contributed by atoms with van der Waals surface area (Å²) in [7, 11) is 0. The molecule has 4 rings (SSSR count). The molecule has 25 heavy (non-hydrogen) atoms. The highest BCUT2D eigenvalue weighted by Crippen LogP contribution is 2.36. The van der Waals surface area contributed by atoms with Crippen LogP contribution in [-0.2, 0) is 0 Å². The summed E-state index contributed by atoms with van der Waals surface area (Å²) in [5.74, 6) is 0. The van der Waals surface area contributed by atoms with Crippen LogP contribution in [0.5, 0.6) is 0 Å². The predicted molar refractivity (Wildman–Crippen MR) is 103 cm³/mol. The summed E-state index contributed by atoms with van der Waals surface area (Å²) in [5.41, 5.74) is 5.32. The second-order valence-electron chi connectivity index (χ2n) is 5.91. The Balaban J connectivity index is 1.94. The van der Waals surface area contributed by atoms with E-state index in [1.807, 2.05) is 60.8 Å². The lowest BCUT2D eigenvalue weighted by atomic mass is 9.94. The summed E-state index contributed by atoms with van der Waals surface area (Å²) in [6, 6.07) is 22.5. The van der Waals surface area contributed by atoms with Crippen LogP contribution in [0, 0.1) is 11.3 Å². The van der Waals surface area contributed by atoms with Gasteiger partial charge in [0.05, 0.1) is 16.8 Å². The number of anilines is 1. The number of hydrogen-bond acceptors (Lipinski definition) is 3. The number of para-hydroxylation sites is 2. The van der Waals surface area contributed by atoms with E-state index in [4.69, 9.17) is 4.98 Å². The van der Waals surface area contributed by atoms with Crippen molar-refractivity contribution in [2.75, 3.05) is 11.4 Å². The normalized spacial score (nSPS) is 15.0. The maximum atomic E-state index is 9.86. The minimum atomic E-state index is 0.602. The third-order valence-corrected chi connectivity index (χ3v) is 4.50. The molecule has 0 fully saturated rings. The predicted octanol–water partition coefficient (Wildman–Crippen LogP) is 5.02. The molecule has 0 unspecified atom stereocenters. The Kier molecular flexibility index (Phi) is 3.80. The van der Waals surface area contributed by atoms with E-state index in [0.29, 0.717) is 11.3 Å². The quantitative estimate of drug-likeness (QED) is 0.621. The molecular weight excluding hydrogens is 306 g/mol. The molecular formula is C22H17N3. The molecule has 3 nitrogen and oxygen atoms in total. The van der Waals surface area contributed by atoms with Gasteiger partial charge in [0.2, 0.25) is 0 Å². The van der Waals surface area contributed by atoms with Crippen LogP contribution in [0.15, 0.2) is 72.9 Å². The third-order valence-electron chi connectivity index (χ3n) is 4.50. The zero-order valence-electron chi connectivity index (χ0n) is 14.0. The van der Waals surface area contributed by atoms with Gasteiger partial charge >= 0.3 is 0 Å². The van der Waals surface area contributed by atoms with Crippen molar-refractivity contribution >= 4 is 27.7 Å². The van der Waals surface area contributed by atoms with E-state index in [9.17, 15) is 5.26 Å². The summed E-state index contributed by atoms with van der Waals surface area (Å²) < 4.78 is 0. The number of benzene rings is 2. The monoisotopic (exact) mass is 323 g/mol. The van der Waals surface area contributed by atoms with Crippen LogP contribution < -0.4 is 4.90 Å². The molecule has 0 atom stereocenters. The van der Waals surface area contributed by atoms with Crippen LogP contribution >= 0.6 is 0 Å². The van der Waals surface area contributed by atoms with Crippen molar-refractivity contribution in [1.29, 1.82) is 5.26 Å². The number of pyridine rings is 1. The number of hydrogen-bond donors (Lipinski definition) is 0. The van der Waals surface area contributed by atoms with Crippen LogP contribution in [-0.4, -0.2) is 11.5 Å². The highest BCUT2D eigenvalue weighted by atomic mass is 15.1. The van der Waals surface area contributed by atoms with Crippen LogP contribution in [0.2, 0.25) is 0 Å². The van der Waals surface area contributed by atoms with Crippen LogP contribution in [0.25, 0.3) is 22.0 Å². The summed E-state index contributed by atoms with van der Waals surface area (Å²) in [6.07, 6.45) is 4.05. The standard InChI is InChI=1S/C22H17N3/c1-2-25-14-13-17(18-8-4-6-10-22(18)25)19(15-23)21-12-11-16-7-3-5-9-20(16)24-21/h3-14H,2H2,1H3. The fourth-order valence-corrected chi connectivity index (χ4v) is 3.24. The van der Waals surface area contributed by atoms with Crippen molar-refractivity contribution in [1.82, 2.24) is 4.98 Å². The van der Waals surface area contributed by atoms with Gasteiger partial charge in [-0.05, 0) is 31.2 Å². The molecule has 0 N–H and O–H groups in total. The van der Waals surface area contributed by atoms with Gasteiger partial charge in [0.1, 0.15) is 6.07 Å². The Labute approximate surface area is 147 Å². The molecule has 2 aromatic carbocycles. The van der Waals surface area contributed by atoms with Gasteiger partial charge in [-0.1, -0.05) is 42.5 Å². The Hall–Kier alpha value is -3.38. The number of fused-ring (bicyclic) bond motifs is 2. The maximum Gasteiger partial charge on any atom is 0.102 e. The summed E-state index contributed by atoms with van der Waals surface area (Å²) in [6.45, 7) is 3.00. The van der Waals surface area contributed by atoms with Gasteiger partial charge in [-0.25, -0.2) is 4.98 Å². The number of nitrogens with zero attached hydrogens (tertiary/aromatic N) is 3. The lowest BCUT2D eigenvalue weighted by Gasteiger charge is -2.27. The summed E-state index contributed by atoms with van der Waals surface area (Å²) >= 11 is 0. The highest BCUT2D eigenvalue weighted by Gasteiger charge is 2.19. The minimum absolute atomic E-state index is 0.602. The molecule has 0 amide bonds. The lowest BCUT2D eigenvalue weighted by molar-refractivity contribution is 1.01. The van der Waals surface area contributed by atoms with Crippen molar-refractivity contribution in [3.05, 3.63) is 84.2 Å². The van der Waals surface area contributed by atoms with Crippen LogP contribution in [0.4, 0.5) is 5.69 Å². The molecule has 1 aliphatic rings. The average molecular weight is 323 g/mol. The minimum Gasteiger partial charge on any atom is -0.348 e. The Morgan fingerprint density at radius 3 is 2.68 bits per heavy atom. The first-order valence-corrected chi connectivity index (χ1v) is 8.36. The highest BCUT2D eigenvalue weighted by molar-refractivity contribution is 6.04. The number of nitriles is 1. The topological polar surface area (TPSA) is 39.9 Å². The van der Waals surface area contributed by atoms with E-state index >= 15 is 0 Å². The molecule has 1 aliphatic heterocycles. The lowest BCUT2D eigenvalue weighted by Crippen LogP contribution is -2.19. The molecule has 1 aromatic heterocycles. The Morgan fingerprint density at radius 2 is 1.84 bits per heavy atom. The maximum absolute atomic E-state index is 9.86. The van der Waals surface area contributed by atoms with E-state index in [2.05, 4.69) is 30.0 Å². The van der Waals surface area contributed by atoms with Gasteiger partial charge in [0.25, 0.3) is 0 Å². The fourth-order valence-electron chi connectivity index (χ4n) is 3.24. The summed E-state index contributed by atoms with van der Waals surface area (Å²) in [4.78, 5) is 6.89. The van der Waals surface area contributed by atoms with Gasteiger partial charge in [-0.15, -0.1) is 0 Å². The van der Waals surface area contributed by atoms with E-state index < -0.39 is 0 Å². The SMILES string of the molecule is CCN1C=CC(=C(C#N)c2ccc3ccccc3n2)c2ccccc21. The largest absolute Gasteiger partial charge is 0.348 e. The Bertz CT molecular complexity index is 1050. The van der Waals surface area contributed by atoms with Gasteiger partial charge in [-0.3, -0.25) is 0 Å². The van der Waals surface area contributed by atoms with E-state index in [-0.39, 0.29) is 0 Å². The average Bonchev–Trinajstić information content (AvgIpc) is 2.68. The van der Waals surface area contributed by atoms with Gasteiger partial charge in [0, 0.05) is 35.0 Å². The molecule has 0 aliphatic carbocycles. The molecule has 3 aromatic rings. The van der Waals surface area contributed by atoms with Crippen LogP contribution in [0.1, 0.15) is 18.2 Å². The molecule has 120 valence electrons. The molecule has 0 saturated heterocycles. The van der Waals surface area contributed by atoms with E-state index in [0.717, 1.165) is 34.3 Å². The second-order valence-corrected chi connectivity index (χ2v) is 5.91. The Morgan fingerprint density at radius 1 is 1.04 bits per heavy atom. The first-order chi connectivity index (χ1) is 12.3. The van der Waals surface area contributed by atoms with E-state index in [1.54, 1.807) is 0 Å². The molecule has 2 heterocycles. The molecule has 3 heteroatoms. The first-order valence-electron chi connectivity index (χ1n) is 8.36. The molecule has 0 radical (unpaired) electrons. The van der Waals surface area contributed by atoms with Crippen molar-refractivity contribution in [2.24, 2.45) is 0 Å².